The minimum Gasteiger partial charge on any atom is -0.489 e. The van der Waals surface area contributed by atoms with Gasteiger partial charge < -0.3 is 14.7 Å². The highest BCUT2D eigenvalue weighted by atomic mass is 19.1. The van der Waals surface area contributed by atoms with Gasteiger partial charge in [0, 0.05) is 5.69 Å². The third-order valence-electron chi connectivity index (χ3n) is 7.07. The van der Waals surface area contributed by atoms with Crippen LogP contribution in [0.15, 0.2) is 103 Å². The van der Waals surface area contributed by atoms with E-state index in [2.05, 4.69) is 0 Å². The van der Waals surface area contributed by atoms with Crippen molar-refractivity contribution in [1.29, 1.82) is 0 Å². The van der Waals surface area contributed by atoms with E-state index in [1.54, 1.807) is 24.0 Å². The highest BCUT2D eigenvalue weighted by molar-refractivity contribution is 6.04. The molecule has 4 aromatic carbocycles. The summed E-state index contributed by atoms with van der Waals surface area (Å²) >= 11 is 0. The van der Waals surface area contributed by atoms with Crippen LogP contribution in [0.4, 0.5) is 14.5 Å². The molecule has 4 nitrogen and oxygen atoms in total. The van der Waals surface area contributed by atoms with Crippen molar-refractivity contribution in [2.24, 2.45) is 5.92 Å². The van der Waals surface area contributed by atoms with E-state index in [4.69, 9.17) is 4.74 Å². The van der Waals surface area contributed by atoms with Gasteiger partial charge in [-0.15, -0.1) is 0 Å². The maximum absolute atomic E-state index is 13.6. The molecule has 0 aliphatic carbocycles. The van der Waals surface area contributed by atoms with Gasteiger partial charge in [0.15, 0.2) is 0 Å². The largest absolute Gasteiger partial charge is 0.489 e. The number of benzene rings is 4. The summed E-state index contributed by atoms with van der Waals surface area (Å²) in [6.07, 6.45) is 0.251. The normalized spacial score (nSPS) is 18.7. The zero-order valence-corrected chi connectivity index (χ0v) is 20.4. The van der Waals surface area contributed by atoms with E-state index < -0.39 is 29.2 Å². The molecular weight excluding hydrogens is 472 g/mol. The van der Waals surface area contributed by atoms with Gasteiger partial charge in [-0.05, 0) is 71.6 Å². The lowest BCUT2D eigenvalue weighted by atomic mass is 9.67. The van der Waals surface area contributed by atoms with E-state index >= 15 is 0 Å². The highest BCUT2D eigenvalue weighted by Gasteiger charge is 2.58. The van der Waals surface area contributed by atoms with Crippen LogP contribution < -0.4 is 9.64 Å². The summed E-state index contributed by atoms with van der Waals surface area (Å²) in [6, 6.07) is 28.1. The van der Waals surface area contributed by atoms with Crippen molar-refractivity contribution in [1.82, 2.24) is 0 Å². The predicted molar refractivity (Wildman–Crippen MR) is 138 cm³/mol. The summed E-state index contributed by atoms with van der Waals surface area (Å²) in [6.45, 7) is 2.22. The van der Waals surface area contributed by atoms with Gasteiger partial charge in [-0.1, -0.05) is 61.5 Å². The predicted octanol–water partition coefficient (Wildman–Crippen LogP) is 6.55. The molecule has 0 saturated carbocycles. The molecule has 1 aliphatic heterocycles. The van der Waals surface area contributed by atoms with Crippen LogP contribution in [-0.2, 0) is 17.0 Å². The first-order valence-corrected chi connectivity index (χ1v) is 12.2. The lowest BCUT2D eigenvalue weighted by Crippen LogP contribution is -2.62. The molecule has 4 aromatic rings. The lowest BCUT2D eigenvalue weighted by molar-refractivity contribution is -0.147. The number of hydrogen-bond donors (Lipinski definition) is 1. The van der Waals surface area contributed by atoms with E-state index in [0.29, 0.717) is 23.6 Å². The first-order chi connectivity index (χ1) is 17.9. The molecule has 3 unspecified atom stereocenters. The monoisotopic (exact) mass is 499 g/mol. The molecule has 5 rings (SSSR count). The molecule has 37 heavy (non-hydrogen) atoms. The molecule has 1 aliphatic rings. The van der Waals surface area contributed by atoms with Crippen LogP contribution in [0.3, 0.4) is 0 Å². The number of β-lactam (4-membered cyclic amide) rings is 1. The minimum absolute atomic E-state index is 0.251. The Hall–Kier alpha value is -4.03. The maximum atomic E-state index is 13.6. The van der Waals surface area contributed by atoms with Crippen LogP contribution in [0.2, 0.25) is 0 Å². The fourth-order valence-electron chi connectivity index (χ4n) is 5.03. The van der Waals surface area contributed by atoms with E-state index in [1.165, 1.54) is 36.4 Å². The molecule has 1 N–H and O–H groups in total. The fraction of sp³-hybridized carbons (Fsp3) is 0.194. The Balaban J connectivity index is 1.48. The minimum atomic E-state index is -1.52. The Morgan fingerprint density at radius 2 is 1.43 bits per heavy atom. The molecule has 0 aromatic heterocycles. The Bertz CT molecular complexity index is 1360. The quantitative estimate of drug-likeness (QED) is 0.280. The Morgan fingerprint density at radius 3 is 2.03 bits per heavy atom. The molecule has 1 amide bonds. The fourth-order valence-corrected chi connectivity index (χ4v) is 5.03. The van der Waals surface area contributed by atoms with Crippen LogP contribution in [0, 0.1) is 17.6 Å². The summed E-state index contributed by atoms with van der Waals surface area (Å²) < 4.78 is 33.1. The number of hydrogen-bond acceptors (Lipinski definition) is 3. The van der Waals surface area contributed by atoms with E-state index in [-0.39, 0.29) is 12.3 Å². The van der Waals surface area contributed by atoms with Gasteiger partial charge in [-0.2, -0.15) is 0 Å². The second-order valence-corrected chi connectivity index (χ2v) is 9.24. The Morgan fingerprint density at radius 1 is 0.838 bits per heavy atom. The summed E-state index contributed by atoms with van der Waals surface area (Å²) in [7, 11) is 0. The molecule has 188 valence electrons. The standard InChI is InChI=1S/C31H27F2NO3/c1-2-31(36,23-10-12-24(32)13-11-23)28-29(34(30(28)35)26-16-14-25(33)15-17-26)22-8-18-27(19-9-22)37-20-21-6-4-3-5-7-21/h3-19,28-29,36H,2,20H2,1H3. The first-order valence-electron chi connectivity index (χ1n) is 12.2. The molecule has 1 fully saturated rings. The van der Waals surface area contributed by atoms with Crippen LogP contribution in [0.25, 0.3) is 0 Å². The van der Waals surface area contributed by atoms with Crippen molar-refractivity contribution >= 4 is 11.6 Å². The average Bonchev–Trinajstić information content (AvgIpc) is 2.93. The second kappa shape index (κ2) is 10.1. The van der Waals surface area contributed by atoms with Crippen molar-refractivity contribution < 1.29 is 23.4 Å². The number of amides is 1. The molecule has 0 radical (unpaired) electrons. The van der Waals surface area contributed by atoms with Gasteiger partial charge in [-0.25, -0.2) is 8.78 Å². The van der Waals surface area contributed by atoms with Gasteiger partial charge in [0.2, 0.25) is 5.91 Å². The van der Waals surface area contributed by atoms with E-state index in [1.807, 2.05) is 54.6 Å². The summed E-state index contributed by atoms with van der Waals surface area (Å²) in [5.74, 6) is -1.25. The van der Waals surface area contributed by atoms with Gasteiger partial charge in [0.25, 0.3) is 0 Å². The Kier molecular flexibility index (Phi) is 6.76. The number of aliphatic hydroxyl groups is 1. The molecule has 1 saturated heterocycles. The number of ether oxygens (including phenoxy) is 1. The zero-order chi connectivity index (χ0) is 26.0. The van der Waals surface area contributed by atoms with E-state index in [9.17, 15) is 18.7 Å². The molecular formula is C31H27F2NO3. The zero-order valence-electron chi connectivity index (χ0n) is 20.4. The third kappa shape index (κ3) is 4.72. The molecule has 3 atom stereocenters. The van der Waals surface area contributed by atoms with Gasteiger partial charge in [0.05, 0.1) is 12.0 Å². The van der Waals surface area contributed by atoms with Crippen molar-refractivity contribution in [3.63, 3.8) is 0 Å². The van der Waals surface area contributed by atoms with Crippen molar-refractivity contribution in [2.45, 2.75) is 31.6 Å². The highest BCUT2D eigenvalue weighted by Crippen LogP contribution is 2.52. The Labute approximate surface area is 214 Å². The van der Waals surface area contributed by atoms with Crippen LogP contribution >= 0.6 is 0 Å². The van der Waals surface area contributed by atoms with E-state index in [0.717, 1.165) is 11.1 Å². The van der Waals surface area contributed by atoms with Gasteiger partial charge >= 0.3 is 0 Å². The summed E-state index contributed by atoms with van der Waals surface area (Å²) in [5, 5.41) is 11.8. The van der Waals surface area contributed by atoms with Crippen LogP contribution in [-0.4, -0.2) is 11.0 Å². The number of anilines is 1. The van der Waals surface area contributed by atoms with Crippen molar-refractivity contribution in [3.8, 4) is 5.75 Å². The van der Waals surface area contributed by atoms with Crippen LogP contribution in [0.1, 0.15) is 36.1 Å². The van der Waals surface area contributed by atoms with Crippen molar-refractivity contribution in [3.05, 3.63) is 131 Å². The van der Waals surface area contributed by atoms with Crippen molar-refractivity contribution in [2.75, 3.05) is 4.90 Å². The topological polar surface area (TPSA) is 49.8 Å². The number of halogens is 2. The number of carbonyl (C=O) groups excluding carboxylic acids is 1. The average molecular weight is 500 g/mol. The smallest absolute Gasteiger partial charge is 0.236 e. The molecule has 0 bridgehead atoms. The molecule has 1 heterocycles. The number of rotatable bonds is 8. The number of nitrogens with zero attached hydrogens (tertiary/aromatic N) is 1. The summed E-state index contributed by atoms with van der Waals surface area (Å²) in [4.78, 5) is 15.2. The SMILES string of the molecule is CCC(O)(c1ccc(F)cc1)C1C(=O)N(c2ccc(F)cc2)C1c1ccc(OCc2ccccc2)cc1. The first kappa shape index (κ1) is 24.7. The third-order valence-corrected chi connectivity index (χ3v) is 7.07. The maximum Gasteiger partial charge on any atom is 0.236 e. The van der Waals surface area contributed by atoms with Gasteiger partial charge in [-0.3, -0.25) is 4.79 Å². The van der Waals surface area contributed by atoms with Crippen LogP contribution in [0.5, 0.6) is 5.75 Å². The van der Waals surface area contributed by atoms with Gasteiger partial charge in [0.1, 0.15) is 29.6 Å². The number of carbonyl (C=O) groups is 1. The summed E-state index contributed by atoms with van der Waals surface area (Å²) in [5.41, 5.74) is 1.34. The second-order valence-electron chi connectivity index (χ2n) is 9.24. The molecule has 6 heteroatoms. The lowest BCUT2D eigenvalue weighted by Gasteiger charge is -2.53. The molecule has 0 spiro atoms.